The summed E-state index contributed by atoms with van der Waals surface area (Å²) in [5.74, 6) is 1.79. The normalized spacial score (nSPS) is 12.8. The number of H-pyrrole nitrogens is 1. The maximum Gasteiger partial charge on any atom is 0.274 e. The Morgan fingerprint density at radius 3 is 2.69 bits per heavy atom. The molecule has 1 aliphatic rings. The molecule has 4 rings (SSSR count). The first-order valence-electron chi connectivity index (χ1n) is 10.6. The highest BCUT2D eigenvalue weighted by atomic mass is 32.1. The molecule has 0 saturated heterocycles. The van der Waals surface area contributed by atoms with Crippen LogP contribution in [0.1, 0.15) is 50.7 Å². The number of thiophene rings is 1. The Balaban J connectivity index is 1.91. The molecule has 0 saturated carbocycles. The van der Waals surface area contributed by atoms with Crippen molar-refractivity contribution in [1.29, 1.82) is 0 Å². The quantitative estimate of drug-likeness (QED) is 0.560. The average molecular weight is 456 g/mol. The summed E-state index contributed by atoms with van der Waals surface area (Å²) in [4.78, 5) is 14.8. The number of fused-ring (bicyclic) bond motifs is 3. The zero-order valence-corrected chi connectivity index (χ0v) is 20.3. The van der Waals surface area contributed by atoms with Gasteiger partial charge in [-0.2, -0.15) is 16.4 Å². The first kappa shape index (κ1) is 22.2. The Hall–Kier alpha value is -3.00. The van der Waals surface area contributed by atoms with Gasteiger partial charge in [0.1, 0.15) is 12.4 Å². The smallest absolute Gasteiger partial charge is 0.274 e. The molecule has 8 heteroatoms. The number of methoxy groups -OCH3 is 1. The molecular weight excluding hydrogens is 426 g/mol. The molecule has 0 radical (unpaired) electrons. The monoisotopic (exact) mass is 455 g/mol. The van der Waals surface area contributed by atoms with E-state index >= 15 is 0 Å². The zero-order chi connectivity index (χ0) is 23.2. The van der Waals surface area contributed by atoms with Crippen LogP contribution in [0.2, 0.25) is 0 Å². The summed E-state index contributed by atoms with van der Waals surface area (Å²) >= 11 is 1.60. The van der Waals surface area contributed by atoms with Crippen LogP contribution in [0.4, 0.5) is 0 Å². The number of nitrogens with one attached hydrogen (secondary N) is 1. The minimum Gasteiger partial charge on any atom is -0.492 e. The van der Waals surface area contributed by atoms with Gasteiger partial charge in [-0.15, -0.1) is 0 Å². The zero-order valence-electron chi connectivity index (χ0n) is 19.5. The molecular formula is C24H29N3O4S. The molecule has 0 atom stereocenters. The summed E-state index contributed by atoms with van der Waals surface area (Å²) in [6.45, 7) is 10.2. The van der Waals surface area contributed by atoms with Crippen molar-refractivity contribution in [2.45, 2.75) is 52.9 Å². The van der Waals surface area contributed by atoms with E-state index in [1.807, 2.05) is 52.1 Å². The largest absolute Gasteiger partial charge is 0.492 e. The van der Waals surface area contributed by atoms with Gasteiger partial charge in [0.05, 0.1) is 24.5 Å². The van der Waals surface area contributed by atoms with Crippen molar-refractivity contribution in [1.82, 2.24) is 15.1 Å². The van der Waals surface area contributed by atoms with E-state index in [0.717, 1.165) is 27.9 Å². The van der Waals surface area contributed by atoms with E-state index in [1.54, 1.807) is 30.4 Å². The van der Waals surface area contributed by atoms with Gasteiger partial charge in [-0.1, -0.05) is 0 Å². The fraction of sp³-hybridized carbons (Fsp3) is 0.417. The fourth-order valence-corrected chi connectivity index (χ4v) is 4.33. The van der Waals surface area contributed by atoms with Crippen LogP contribution < -0.4 is 14.2 Å². The lowest BCUT2D eigenvalue weighted by molar-refractivity contribution is 0.0647. The predicted molar refractivity (Wildman–Crippen MR) is 126 cm³/mol. The number of aromatic amines is 1. The molecule has 0 fully saturated rings. The van der Waals surface area contributed by atoms with E-state index < -0.39 is 0 Å². The number of rotatable bonds is 5. The van der Waals surface area contributed by atoms with E-state index in [0.29, 0.717) is 22.9 Å². The van der Waals surface area contributed by atoms with Gasteiger partial charge in [0, 0.05) is 23.7 Å². The molecule has 32 heavy (non-hydrogen) atoms. The van der Waals surface area contributed by atoms with Crippen LogP contribution in [-0.4, -0.2) is 46.8 Å². The maximum absolute atomic E-state index is 13.1. The van der Waals surface area contributed by atoms with Crippen molar-refractivity contribution in [3.63, 3.8) is 0 Å². The van der Waals surface area contributed by atoms with Gasteiger partial charge in [-0.05, 0) is 63.1 Å². The molecule has 0 aliphatic carbocycles. The second-order valence-corrected chi connectivity index (χ2v) is 9.87. The highest BCUT2D eigenvalue weighted by Crippen LogP contribution is 2.53. The number of carbonyl (C=O) groups is 1. The summed E-state index contributed by atoms with van der Waals surface area (Å²) in [6, 6.07) is 3.93. The second kappa shape index (κ2) is 8.16. The van der Waals surface area contributed by atoms with Gasteiger partial charge in [0.25, 0.3) is 5.91 Å². The Morgan fingerprint density at radius 2 is 2.09 bits per heavy atom. The van der Waals surface area contributed by atoms with E-state index in [-0.39, 0.29) is 24.2 Å². The van der Waals surface area contributed by atoms with E-state index in [1.165, 1.54) is 0 Å². The number of nitrogens with zero attached hydrogens (tertiary/aromatic N) is 2. The minimum atomic E-state index is -0.325. The predicted octanol–water partition coefficient (Wildman–Crippen LogP) is 5.36. The van der Waals surface area contributed by atoms with Crippen molar-refractivity contribution in [3.8, 4) is 39.6 Å². The summed E-state index contributed by atoms with van der Waals surface area (Å²) < 4.78 is 18.1. The molecule has 2 aromatic heterocycles. The third kappa shape index (κ3) is 3.72. The first-order chi connectivity index (χ1) is 15.1. The molecule has 1 N–H and O–H groups in total. The molecule has 170 valence electrons. The van der Waals surface area contributed by atoms with Crippen LogP contribution in [0, 0.1) is 0 Å². The van der Waals surface area contributed by atoms with E-state index in [9.17, 15) is 4.79 Å². The summed E-state index contributed by atoms with van der Waals surface area (Å²) in [5, 5.41) is 11.5. The van der Waals surface area contributed by atoms with Crippen molar-refractivity contribution >= 4 is 17.2 Å². The van der Waals surface area contributed by atoms with Crippen molar-refractivity contribution in [2.24, 2.45) is 0 Å². The molecule has 0 spiro atoms. The number of hydrogen-bond acceptors (Lipinski definition) is 6. The van der Waals surface area contributed by atoms with Crippen LogP contribution >= 0.6 is 11.3 Å². The third-order valence-corrected chi connectivity index (χ3v) is 6.27. The molecule has 1 amide bonds. The molecule has 0 bridgehead atoms. The van der Waals surface area contributed by atoms with Crippen molar-refractivity contribution in [2.75, 3.05) is 14.2 Å². The molecule has 3 aromatic rings. The Morgan fingerprint density at radius 1 is 1.34 bits per heavy atom. The van der Waals surface area contributed by atoms with Crippen LogP contribution in [0.3, 0.4) is 0 Å². The molecule has 1 aromatic carbocycles. The van der Waals surface area contributed by atoms with Crippen molar-refractivity contribution in [3.05, 3.63) is 34.2 Å². The van der Waals surface area contributed by atoms with Gasteiger partial charge >= 0.3 is 0 Å². The molecule has 7 nitrogen and oxygen atoms in total. The van der Waals surface area contributed by atoms with Crippen LogP contribution in [0.5, 0.6) is 17.2 Å². The summed E-state index contributed by atoms with van der Waals surface area (Å²) in [7, 11) is 3.42. The van der Waals surface area contributed by atoms with E-state index in [2.05, 4.69) is 15.6 Å². The summed E-state index contributed by atoms with van der Waals surface area (Å²) in [5.41, 5.74) is 4.19. The second-order valence-electron chi connectivity index (χ2n) is 9.09. The minimum absolute atomic E-state index is 0.0411. The van der Waals surface area contributed by atoms with Gasteiger partial charge in [-0.25, -0.2) is 0 Å². The first-order valence-corrected chi connectivity index (χ1v) is 11.5. The van der Waals surface area contributed by atoms with Gasteiger partial charge in [0.15, 0.2) is 17.2 Å². The molecule has 0 unspecified atom stereocenters. The Labute approximate surface area is 192 Å². The highest BCUT2D eigenvalue weighted by Gasteiger charge is 2.34. The topological polar surface area (TPSA) is 76.7 Å². The Bertz CT molecular complexity index is 1140. The van der Waals surface area contributed by atoms with Gasteiger partial charge in [-0.3, -0.25) is 9.89 Å². The number of amides is 1. The SMILES string of the molecule is COc1c(OC(C)C)cc2c(c1-c1ccsc1)OCc1c(C(=O)N(C)C(C)(C)C)n[nH]c1-2. The number of carbonyl (C=O) groups excluding carboxylic acids is 1. The molecule has 1 aliphatic heterocycles. The lowest BCUT2D eigenvalue weighted by Gasteiger charge is -2.32. The lowest BCUT2D eigenvalue weighted by atomic mass is 9.95. The van der Waals surface area contributed by atoms with Crippen LogP contribution in [0.15, 0.2) is 22.9 Å². The average Bonchev–Trinajstić information content (AvgIpc) is 3.40. The molecule has 3 heterocycles. The van der Waals surface area contributed by atoms with Gasteiger partial charge in [0.2, 0.25) is 0 Å². The fourth-order valence-electron chi connectivity index (χ4n) is 3.69. The van der Waals surface area contributed by atoms with Crippen molar-refractivity contribution < 1.29 is 19.0 Å². The number of ether oxygens (including phenoxy) is 3. The lowest BCUT2D eigenvalue weighted by Crippen LogP contribution is -2.43. The number of aromatic nitrogens is 2. The number of benzene rings is 1. The van der Waals surface area contributed by atoms with Crippen LogP contribution in [0.25, 0.3) is 22.4 Å². The highest BCUT2D eigenvalue weighted by molar-refractivity contribution is 7.08. The maximum atomic E-state index is 13.1. The summed E-state index contributed by atoms with van der Waals surface area (Å²) in [6.07, 6.45) is -0.0411. The number of hydrogen-bond donors (Lipinski definition) is 1. The third-order valence-electron chi connectivity index (χ3n) is 5.59. The standard InChI is InChI=1S/C24H29N3O4S/c1-13(2)31-17-10-15-19-16(20(26-25-19)23(28)27(6)24(3,4)5)11-30-21(15)18(22(17)29-7)14-8-9-32-12-14/h8-10,12-13H,11H2,1-7H3,(H,25,26). The Kier molecular flexibility index (Phi) is 5.67. The van der Waals surface area contributed by atoms with Crippen LogP contribution in [-0.2, 0) is 6.61 Å². The van der Waals surface area contributed by atoms with E-state index in [4.69, 9.17) is 14.2 Å². The van der Waals surface area contributed by atoms with Gasteiger partial charge < -0.3 is 19.1 Å².